The van der Waals surface area contributed by atoms with Crippen molar-refractivity contribution in [3.8, 4) is 0 Å². The van der Waals surface area contributed by atoms with Crippen molar-refractivity contribution < 1.29 is 19.1 Å². The molecule has 1 fully saturated rings. The maximum absolute atomic E-state index is 11.9. The zero-order valence-corrected chi connectivity index (χ0v) is 13.4. The van der Waals surface area contributed by atoms with Gasteiger partial charge in [-0.15, -0.1) is 0 Å². The van der Waals surface area contributed by atoms with Crippen molar-refractivity contribution in [1.82, 2.24) is 15.5 Å². The lowest BCUT2D eigenvalue weighted by Gasteiger charge is -2.26. The molecule has 24 heavy (non-hydrogen) atoms. The summed E-state index contributed by atoms with van der Waals surface area (Å²) in [5, 5.41) is 4.53. The molecule has 4 N–H and O–H groups in total. The number of nitrogens with zero attached hydrogens (tertiary/aromatic N) is 1. The number of amides is 3. The molecule has 2 rings (SSSR count). The Balaban J connectivity index is 1.69. The number of para-hydroxylation sites is 1. The van der Waals surface area contributed by atoms with Gasteiger partial charge in [0.05, 0.1) is 18.8 Å². The van der Waals surface area contributed by atoms with Crippen molar-refractivity contribution in [2.45, 2.75) is 6.42 Å². The van der Waals surface area contributed by atoms with E-state index in [1.807, 2.05) is 5.32 Å². The summed E-state index contributed by atoms with van der Waals surface area (Å²) in [6, 6.07) is 6.33. The molecule has 0 radical (unpaired) electrons. The Labute approximate surface area is 140 Å². The van der Waals surface area contributed by atoms with Crippen LogP contribution in [0.4, 0.5) is 5.69 Å². The van der Waals surface area contributed by atoms with Crippen LogP contribution in [0.15, 0.2) is 24.3 Å². The lowest BCUT2D eigenvalue weighted by molar-refractivity contribution is -0.138. The summed E-state index contributed by atoms with van der Waals surface area (Å²) in [6.07, 6.45) is 0.721. The minimum absolute atomic E-state index is 0.158. The molecule has 0 spiro atoms. The number of nitrogens with one attached hydrogen (secondary N) is 2. The summed E-state index contributed by atoms with van der Waals surface area (Å²) in [5.41, 5.74) is 6.06. The molecule has 8 nitrogen and oxygen atoms in total. The highest BCUT2D eigenvalue weighted by molar-refractivity contribution is 6.38. The van der Waals surface area contributed by atoms with Crippen molar-refractivity contribution in [3.05, 3.63) is 29.8 Å². The maximum Gasteiger partial charge on any atom is 0.316 e. The number of benzene rings is 1. The smallest absolute Gasteiger partial charge is 0.316 e. The van der Waals surface area contributed by atoms with Gasteiger partial charge in [0.1, 0.15) is 0 Å². The van der Waals surface area contributed by atoms with Crippen LogP contribution in [-0.4, -0.2) is 62.0 Å². The van der Waals surface area contributed by atoms with E-state index in [0.29, 0.717) is 6.54 Å². The van der Waals surface area contributed by atoms with Crippen molar-refractivity contribution in [3.63, 3.8) is 0 Å². The third kappa shape index (κ3) is 5.32. The van der Waals surface area contributed by atoms with Gasteiger partial charge in [0, 0.05) is 25.3 Å². The molecule has 0 atom stereocenters. The molecule has 0 aromatic heterocycles. The minimum atomic E-state index is -0.991. The highest BCUT2D eigenvalue weighted by atomic mass is 16.5. The first-order chi connectivity index (χ1) is 11.6. The number of nitrogens with two attached hydrogens (primary N) is 1. The SMILES string of the molecule is Nc1ccccc1C(=O)NC(=O)C(=O)NCCCN1CCOCC1. The Hall–Kier alpha value is -2.45. The third-order valence-electron chi connectivity index (χ3n) is 3.68. The average molecular weight is 334 g/mol. The number of anilines is 1. The van der Waals surface area contributed by atoms with Crippen LogP contribution >= 0.6 is 0 Å². The van der Waals surface area contributed by atoms with E-state index in [2.05, 4.69) is 10.2 Å². The number of carbonyl (C=O) groups excluding carboxylic acids is 3. The van der Waals surface area contributed by atoms with E-state index in [9.17, 15) is 14.4 Å². The van der Waals surface area contributed by atoms with Gasteiger partial charge >= 0.3 is 11.8 Å². The monoisotopic (exact) mass is 334 g/mol. The molecule has 1 saturated heterocycles. The molecule has 1 aromatic rings. The van der Waals surface area contributed by atoms with Gasteiger partial charge in [-0.2, -0.15) is 0 Å². The van der Waals surface area contributed by atoms with E-state index in [4.69, 9.17) is 10.5 Å². The topological polar surface area (TPSA) is 114 Å². The van der Waals surface area contributed by atoms with Crippen molar-refractivity contribution in [1.29, 1.82) is 0 Å². The largest absolute Gasteiger partial charge is 0.398 e. The molecule has 1 heterocycles. The van der Waals surface area contributed by atoms with Crippen molar-refractivity contribution in [2.75, 3.05) is 45.1 Å². The molecule has 130 valence electrons. The summed E-state index contributed by atoms with van der Waals surface area (Å²) in [6.45, 7) is 4.39. The predicted molar refractivity (Wildman–Crippen MR) is 88.2 cm³/mol. The number of imide groups is 1. The lowest BCUT2D eigenvalue weighted by atomic mass is 10.1. The number of hydrogen-bond donors (Lipinski definition) is 3. The highest BCUT2D eigenvalue weighted by Gasteiger charge is 2.18. The summed E-state index contributed by atoms with van der Waals surface area (Å²) >= 11 is 0. The van der Waals surface area contributed by atoms with Gasteiger partial charge in [0.15, 0.2) is 0 Å². The standard InChI is InChI=1S/C16H22N4O4/c17-13-5-2-1-4-12(13)14(21)19-16(23)15(22)18-6-3-7-20-8-10-24-11-9-20/h1-2,4-5H,3,6-11,17H2,(H,18,22)(H,19,21,23). The fourth-order valence-electron chi connectivity index (χ4n) is 2.34. The first kappa shape index (κ1) is 17.9. The van der Waals surface area contributed by atoms with Crippen LogP contribution in [0.1, 0.15) is 16.8 Å². The van der Waals surface area contributed by atoms with Crippen LogP contribution in [0.25, 0.3) is 0 Å². The number of nitrogen functional groups attached to an aromatic ring is 1. The molecule has 1 aliphatic rings. The Kier molecular flexibility index (Phi) is 6.71. The van der Waals surface area contributed by atoms with E-state index >= 15 is 0 Å². The fourth-order valence-corrected chi connectivity index (χ4v) is 2.34. The van der Waals surface area contributed by atoms with Crippen molar-refractivity contribution in [2.24, 2.45) is 0 Å². The first-order valence-corrected chi connectivity index (χ1v) is 7.86. The normalized spacial score (nSPS) is 14.8. The van der Waals surface area contributed by atoms with Gasteiger partial charge in [-0.3, -0.25) is 24.6 Å². The van der Waals surface area contributed by atoms with Crippen LogP contribution in [0.2, 0.25) is 0 Å². The maximum atomic E-state index is 11.9. The number of morpholine rings is 1. The van der Waals surface area contributed by atoms with Gasteiger partial charge in [0.2, 0.25) is 0 Å². The molecule has 0 unspecified atom stereocenters. The van der Waals surface area contributed by atoms with Crippen molar-refractivity contribution >= 4 is 23.4 Å². The molecule has 0 bridgehead atoms. The minimum Gasteiger partial charge on any atom is -0.398 e. The van der Waals surface area contributed by atoms with Gasteiger partial charge in [0.25, 0.3) is 5.91 Å². The van der Waals surface area contributed by atoms with Crippen LogP contribution in [0.5, 0.6) is 0 Å². The summed E-state index contributed by atoms with van der Waals surface area (Å²) < 4.78 is 5.25. The molecule has 1 aromatic carbocycles. The average Bonchev–Trinajstić information content (AvgIpc) is 2.59. The summed E-state index contributed by atoms with van der Waals surface area (Å²) in [7, 11) is 0. The number of rotatable bonds is 5. The second-order valence-electron chi connectivity index (χ2n) is 5.43. The zero-order chi connectivity index (χ0) is 17.4. The Morgan fingerprint density at radius 2 is 1.83 bits per heavy atom. The predicted octanol–water partition coefficient (Wildman–Crippen LogP) is -0.636. The lowest BCUT2D eigenvalue weighted by Crippen LogP contribution is -2.44. The fraction of sp³-hybridized carbons (Fsp3) is 0.438. The zero-order valence-electron chi connectivity index (χ0n) is 13.4. The van der Waals surface area contributed by atoms with Gasteiger partial charge in [-0.05, 0) is 25.1 Å². The van der Waals surface area contributed by atoms with Gasteiger partial charge in [-0.1, -0.05) is 12.1 Å². The van der Waals surface area contributed by atoms with E-state index in [1.54, 1.807) is 18.2 Å². The van der Waals surface area contributed by atoms with Crippen LogP contribution in [0, 0.1) is 0 Å². The van der Waals surface area contributed by atoms with Gasteiger partial charge in [-0.25, -0.2) is 0 Å². The Morgan fingerprint density at radius 1 is 1.12 bits per heavy atom. The number of hydrogen-bond acceptors (Lipinski definition) is 6. The van der Waals surface area contributed by atoms with E-state index in [-0.39, 0.29) is 11.3 Å². The molecule has 3 amide bonds. The second kappa shape index (κ2) is 8.99. The van der Waals surface area contributed by atoms with E-state index in [0.717, 1.165) is 39.3 Å². The second-order valence-corrected chi connectivity index (χ2v) is 5.43. The number of ether oxygens (including phenoxy) is 1. The van der Waals surface area contributed by atoms with Crippen LogP contribution in [-0.2, 0) is 14.3 Å². The highest BCUT2D eigenvalue weighted by Crippen LogP contribution is 2.09. The quantitative estimate of drug-likeness (QED) is 0.375. The molecular weight excluding hydrogens is 312 g/mol. The third-order valence-corrected chi connectivity index (χ3v) is 3.68. The summed E-state index contributed by atoms with van der Waals surface area (Å²) in [4.78, 5) is 37.6. The van der Waals surface area contributed by atoms with E-state index < -0.39 is 17.7 Å². The van der Waals surface area contributed by atoms with E-state index in [1.165, 1.54) is 6.07 Å². The molecule has 0 aliphatic carbocycles. The Morgan fingerprint density at radius 3 is 2.54 bits per heavy atom. The summed E-state index contributed by atoms with van der Waals surface area (Å²) in [5.74, 6) is -2.52. The van der Waals surface area contributed by atoms with Gasteiger partial charge < -0.3 is 15.8 Å². The number of carbonyl (C=O) groups is 3. The molecular formula is C16H22N4O4. The molecule has 8 heteroatoms. The Bertz CT molecular complexity index is 599. The molecule has 0 saturated carbocycles. The van der Waals surface area contributed by atoms with Crippen LogP contribution < -0.4 is 16.4 Å². The molecule has 1 aliphatic heterocycles. The van der Waals surface area contributed by atoms with Crippen LogP contribution in [0.3, 0.4) is 0 Å². The first-order valence-electron chi connectivity index (χ1n) is 7.86.